The van der Waals surface area contributed by atoms with Crippen LogP contribution in [0.3, 0.4) is 0 Å². The fourth-order valence-corrected chi connectivity index (χ4v) is 1.44. The summed E-state index contributed by atoms with van der Waals surface area (Å²) in [4.78, 5) is 20.6. The van der Waals surface area contributed by atoms with Gasteiger partial charge in [-0.25, -0.2) is 0 Å². The Kier molecular flexibility index (Phi) is 4.86. The van der Waals surface area contributed by atoms with Crippen LogP contribution in [-0.4, -0.2) is 17.4 Å². The Balaban J connectivity index is 2.57. The molecule has 0 fully saturated rings. The highest BCUT2D eigenvalue weighted by Crippen LogP contribution is 2.24. The van der Waals surface area contributed by atoms with Crippen molar-refractivity contribution in [3.8, 4) is 0 Å². The molecule has 92 valence electrons. The molecule has 0 saturated heterocycles. The van der Waals surface area contributed by atoms with Crippen LogP contribution in [0.1, 0.15) is 12.0 Å². The van der Waals surface area contributed by atoms with Crippen molar-refractivity contribution in [1.29, 1.82) is 0 Å². The van der Waals surface area contributed by atoms with Gasteiger partial charge in [0.2, 0.25) is 5.91 Å². The van der Waals surface area contributed by atoms with Crippen LogP contribution in [0.5, 0.6) is 0 Å². The van der Waals surface area contributed by atoms with Crippen LogP contribution < -0.4 is 11.1 Å². The highest BCUT2D eigenvalue weighted by molar-refractivity contribution is 6.32. The molecule has 0 bridgehead atoms. The summed E-state index contributed by atoms with van der Waals surface area (Å²) in [6.45, 7) is 0.858. The molecule has 1 amide bonds. The van der Waals surface area contributed by atoms with E-state index in [0.717, 1.165) is 5.56 Å². The van der Waals surface area contributed by atoms with E-state index in [2.05, 4.69) is 5.32 Å². The van der Waals surface area contributed by atoms with Crippen LogP contribution in [0.2, 0.25) is 5.02 Å². The molecule has 0 aliphatic heterocycles. The van der Waals surface area contributed by atoms with E-state index in [1.54, 1.807) is 6.07 Å². The molecule has 0 heterocycles. The quantitative estimate of drug-likeness (QED) is 0.455. The van der Waals surface area contributed by atoms with Crippen LogP contribution >= 0.6 is 11.6 Å². The molecular formula is C10H12ClN3O3. The molecule has 0 aliphatic rings. The maximum atomic E-state index is 10.6. The Morgan fingerprint density at radius 3 is 2.82 bits per heavy atom. The SMILES string of the molecule is NC(=O)CCNCc1ccc(Cl)c([N+](=O)[O-])c1. The number of rotatable bonds is 6. The molecular weight excluding hydrogens is 246 g/mol. The zero-order chi connectivity index (χ0) is 12.8. The molecule has 0 unspecified atom stereocenters. The summed E-state index contributed by atoms with van der Waals surface area (Å²) in [5.41, 5.74) is 5.57. The summed E-state index contributed by atoms with van der Waals surface area (Å²) in [6, 6.07) is 4.57. The molecule has 0 aromatic heterocycles. The molecule has 17 heavy (non-hydrogen) atoms. The molecule has 0 atom stereocenters. The number of benzene rings is 1. The number of nitrogens with two attached hydrogens (primary N) is 1. The van der Waals surface area contributed by atoms with E-state index >= 15 is 0 Å². The second-order valence-corrected chi connectivity index (χ2v) is 3.84. The minimum absolute atomic E-state index is 0.107. The average Bonchev–Trinajstić information content (AvgIpc) is 2.25. The third-order valence-corrected chi connectivity index (χ3v) is 2.40. The van der Waals surface area contributed by atoms with E-state index < -0.39 is 4.92 Å². The summed E-state index contributed by atoms with van der Waals surface area (Å²) in [7, 11) is 0. The van der Waals surface area contributed by atoms with Gasteiger partial charge in [0.1, 0.15) is 5.02 Å². The van der Waals surface area contributed by atoms with E-state index in [9.17, 15) is 14.9 Å². The van der Waals surface area contributed by atoms with Gasteiger partial charge >= 0.3 is 0 Å². The molecule has 0 radical (unpaired) electrons. The highest BCUT2D eigenvalue weighted by atomic mass is 35.5. The first-order chi connectivity index (χ1) is 8.00. The normalized spacial score (nSPS) is 10.2. The summed E-state index contributed by atoms with van der Waals surface area (Å²) in [5, 5.41) is 13.7. The Morgan fingerprint density at radius 2 is 2.24 bits per heavy atom. The van der Waals surface area contributed by atoms with E-state index in [-0.39, 0.29) is 23.0 Å². The first-order valence-electron chi connectivity index (χ1n) is 4.92. The Bertz CT molecular complexity index is 437. The summed E-state index contributed by atoms with van der Waals surface area (Å²) < 4.78 is 0. The molecule has 0 aliphatic carbocycles. The third kappa shape index (κ3) is 4.38. The summed E-state index contributed by atoms with van der Waals surface area (Å²) in [6.07, 6.45) is 0.232. The first-order valence-corrected chi connectivity index (χ1v) is 5.30. The molecule has 1 aromatic rings. The van der Waals surface area contributed by atoms with Crippen LogP contribution in [0.4, 0.5) is 5.69 Å². The molecule has 7 heteroatoms. The number of hydrogen-bond donors (Lipinski definition) is 2. The number of carbonyl (C=O) groups is 1. The van der Waals surface area contributed by atoms with Gasteiger partial charge in [-0.05, 0) is 11.6 Å². The van der Waals surface area contributed by atoms with Gasteiger partial charge in [0.05, 0.1) is 4.92 Å². The van der Waals surface area contributed by atoms with Gasteiger partial charge in [0, 0.05) is 25.6 Å². The minimum Gasteiger partial charge on any atom is -0.370 e. The van der Waals surface area contributed by atoms with Crippen molar-refractivity contribution in [1.82, 2.24) is 5.32 Å². The topological polar surface area (TPSA) is 98.3 Å². The van der Waals surface area contributed by atoms with Crippen LogP contribution in [0.15, 0.2) is 18.2 Å². The van der Waals surface area contributed by atoms with Gasteiger partial charge in [-0.1, -0.05) is 17.7 Å². The Morgan fingerprint density at radius 1 is 1.53 bits per heavy atom. The smallest absolute Gasteiger partial charge is 0.288 e. The lowest BCUT2D eigenvalue weighted by atomic mass is 10.2. The maximum Gasteiger partial charge on any atom is 0.288 e. The lowest BCUT2D eigenvalue weighted by molar-refractivity contribution is -0.384. The summed E-state index contributed by atoms with van der Waals surface area (Å²) in [5.74, 6) is -0.389. The minimum atomic E-state index is -0.532. The van der Waals surface area contributed by atoms with E-state index in [1.807, 2.05) is 0 Å². The van der Waals surface area contributed by atoms with Crippen LogP contribution in [0.25, 0.3) is 0 Å². The third-order valence-electron chi connectivity index (χ3n) is 2.08. The number of nitrogens with zero attached hydrogens (tertiary/aromatic N) is 1. The van der Waals surface area contributed by atoms with E-state index in [0.29, 0.717) is 13.1 Å². The molecule has 1 rings (SSSR count). The predicted octanol–water partition coefficient (Wildman–Crippen LogP) is 1.21. The average molecular weight is 258 g/mol. The Hall–Kier alpha value is -1.66. The number of amides is 1. The largest absolute Gasteiger partial charge is 0.370 e. The zero-order valence-corrected chi connectivity index (χ0v) is 9.74. The second-order valence-electron chi connectivity index (χ2n) is 3.44. The van der Waals surface area contributed by atoms with Crippen molar-refractivity contribution in [2.24, 2.45) is 5.73 Å². The molecule has 3 N–H and O–H groups in total. The lowest BCUT2D eigenvalue weighted by Gasteiger charge is -2.04. The lowest BCUT2D eigenvalue weighted by Crippen LogP contribution is -2.21. The fourth-order valence-electron chi connectivity index (χ4n) is 1.25. The molecule has 1 aromatic carbocycles. The number of nitrogens with one attached hydrogen (secondary N) is 1. The van der Waals surface area contributed by atoms with Crippen molar-refractivity contribution in [3.63, 3.8) is 0 Å². The van der Waals surface area contributed by atoms with Crippen molar-refractivity contribution >= 4 is 23.2 Å². The number of nitro benzene ring substituents is 1. The number of primary amides is 1. The first kappa shape index (κ1) is 13.4. The van der Waals surface area contributed by atoms with Crippen LogP contribution in [0, 0.1) is 10.1 Å². The molecule has 0 spiro atoms. The standard InChI is InChI=1S/C10H12ClN3O3/c11-8-2-1-7(5-9(8)14(16)17)6-13-4-3-10(12)15/h1-2,5,13H,3-4,6H2,(H2,12,15). The predicted molar refractivity (Wildman–Crippen MR) is 63.6 cm³/mol. The highest BCUT2D eigenvalue weighted by Gasteiger charge is 2.12. The van der Waals surface area contributed by atoms with E-state index in [1.165, 1.54) is 12.1 Å². The zero-order valence-electron chi connectivity index (χ0n) is 8.98. The fraction of sp³-hybridized carbons (Fsp3) is 0.300. The van der Waals surface area contributed by atoms with Gasteiger partial charge < -0.3 is 11.1 Å². The van der Waals surface area contributed by atoms with Gasteiger partial charge in [-0.3, -0.25) is 14.9 Å². The Labute approximate surface area is 103 Å². The number of carbonyl (C=O) groups excluding carboxylic acids is 1. The number of hydrogen-bond acceptors (Lipinski definition) is 4. The van der Waals surface area contributed by atoms with Gasteiger partial charge in [0.25, 0.3) is 5.69 Å². The van der Waals surface area contributed by atoms with Crippen molar-refractivity contribution in [2.75, 3.05) is 6.54 Å². The van der Waals surface area contributed by atoms with E-state index in [4.69, 9.17) is 17.3 Å². The van der Waals surface area contributed by atoms with Gasteiger partial charge in [-0.2, -0.15) is 0 Å². The molecule has 6 nitrogen and oxygen atoms in total. The molecule has 0 saturated carbocycles. The van der Waals surface area contributed by atoms with Crippen molar-refractivity contribution < 1.29 is 9.72 Å². The monoisotopic (exact) mass is 257 g/mol. The van der Waals surface area contributed by atoms with Crippen LogP contribution in [-0.2, 0) is 11.3 Å². The van der Waals surface area contributed by atoms with Crippen molar-refractivity contribution in [3.05, 3.63) is 38.9 Å². The van der Waals surface area contributed by atoms with Gasteiger partial charge in [-0.15, -0.1) is 0 Å². The second kappa shape index (κ2) is 6.17. The number of nitro groups is 1. The summed E-state index contributed by atoms with van der Waals surface area (Å²) >= 11 is 5.67. The van der Waals surface area contributed by atoms with Crippen molar-refractivity contribution in [2.45, 2.75) is 13.0 Å². The van der Waals surface area contributed by atoms with Gasteiger partial charge in [0.15, 0.2) is 0 Å². The maximum absolute atomic E-state index is 10.6. The number of halogens is 1.